The van der Waals surface area contributed by atoms with Crippen LogP contribution in [-0.2, 0) is 14.3 Å². The van der Waals surface area contributed by atoms with E-state index in [2.05, 4.69) is 16.9 Å². The highest BCUT2D eigenvalue weighted by molar-refractivity contribution is 6.30. The highest BCUT2D eigenvalue weighted by Gasteiger charge is 2.28. The average Bonchev–Trinajstić information content (AvgIpc) is 2.78. The number of amides is 1. The van der Waals surface area contributed by atoms with Crippen LogP contribution in [0.1, 0.15) is 37.7 Å². The summed E-state index contributed by atoms with van der Waals surface area (Å²) in [6.07, 6.45) is 2.17. The van der Waals surface area contributed by atoms with Gasteiger partial charge in [-0.3, -0.25) is 9.59 Å². The monoisotopic (exact) mass is 490 g/mol. The zero-order valence-electron chi connectivity index (χ0n) is 19.4. The number of hydrogen-bond donors (Lipinski definition) is 1. The van der Waals surface area contributed by atoms with Crippen LogP contribution in [0.25, 0.3) is 0 Å². The van der Waals surface area contributed by atoms with Crippen LogP contribution >= 0.6 is 11.6 Å². The molecule has 1 amide bonds. The largest absolute Gasteiger partial charge is 0.493 e. The van der Waals surface area contributed by atoms with Crippen molar-refractivity contribution in [3.63, 3.8) is 0 Å². The van der Waals surface area contributed by atoms with E-state index >= 15 is 0 Å². The van der Waals surface area contributed by atoms with Crippen LogP contribution in [0.5, 0.6) is 17.2 Å². The summed E-state index contributed by atoms with van der Waals surface area (Å²) in [6, 6.07) is 7.25. The fourth-order valence-electron chi connectivity index (χ4n) is 2.90. The van der Waals surface area contributed by atoms with Crippen LogP contribution in [0.3, 0.4) is 0 Å². The maximum Gasteiger partial charge on any atom is 0.328 e. The van der Waals surface area contributed by atoms with Gasteiger partial charge in [-0.05, 0) is 32.0 Å². The second-order valence-electron chi connectivity index (χ2n) is 7.26. The van der Waals surface area contributed by atoms with E-state index in [-0.39, 0.29) is 17.2 Å². The van der Waals surface area contributed by atoms with Gasteiger partial charge in [-0.25, -0.2) is 9.78 Å². The number of halogens is 1. The molecule has 0 aliphatic carbocycles. The van der Waals surface area contributed by atoms with Gasteiger partial charge in [-0.2, -0.15) is 0 Å². The van der Waals surface area contributed by atoms with Gasteiger partial charge in [0.05, 0.1) is 7.11 Å². The molecule has 2 rings (SSSR count). The van der Waals surface area contributed by atoms with Gasteiger partial charge in [0.15, 0.2) is 11.4 Å². The summed E-state index contributed by atoms with van der Waals surface area (Å²) in [6.45, 7) is 8.03. The van der Waals surface area contributed by atoms with Gasteiger partial charge in [0.1, 0.15) is 24.0 Å². The third-order valence-corrected chi connectivity index (χ3v) is 4.79. The van der Waals surface area contributed by atoms with Crippen molar-refractivity contribution in [2.75, 3.05) is 7.11 Å². The number of aromatic nitrogens is 1. The van der Waals surface area contributed by atoms with Crippen molar-refractivity contribution in [2.45, 2.75) is 45.4 Å². The Morgan fingerprint density at radius 3 is 2.59 bits per heavy atom. The maximum absolute atomic E-state index is 12.7. The molecule has 10 heteroatoms. The van der Waals surface area contributed by atoms with Crippen molar-refractivity contribution in [3.8, 4) is 17.2 Å². The first-order chi connectivity index (χ1) is 16.2. The summed E-state index contributed by atoms with van der Waals surface area (Å²) in [5.41, 5.74) is -0.212. The lowest BCUT2D eigenvalue weighted by Gasteiger charge is -2.25. The number of pyridine rings is 1. The number of nitrogens with zero attached hydrogens (tertiary/aromatic N) is 1. The lowest BCUT2D eigenvalue weighted by Crippen LogP contribution is -2.43. The molecular formula is C24H27ClN2O7. The number of carbonyl (C=O) groups is 3. The van der Waals surface area contributed by atoms with E-state index in [0.29, 0.717) is 17.2 Å². The van der Waals surface area contributed by atoms with Crippen LogP contribution in [-0.4, -0.2) is 48.2 Å². The number of rotatable bonds is 11. The minimum Gasteiger partial charge on any atom is -0.493 e. The first kappa shape index (κ1) is 26.7. The Bertz CT molecular complexity index is 1040. The molecule has 0 saturated carbocycles. The van der Waals surface area contributed by atoms with E-state index in [1.165, 1.54) is 33.2 Å². The normalized spacial score (nSPS) is 13.1. The van der Waals surface area contributed by atoms with E-state index in [0.717, 1.165) is 0 Å². The van der Waals surface area contributed by atoms with Gasteiger partial charge in [-0.15, -0.1) is 6.58 Å². The quantitative estimate of drug-likeness (QED) is 0.374. The van der Waals surface area contributed by atoms with Crippen molar-refractivity contribution in [1.29, 1.82) is 0 Å². The predicted octanol–water partition coefficient (Wildman–Crippen LogP) is 3.74. The van der Waals surface area contributed by atoms with Crippen molar-refractivity contribution in [3.05, 3.63) is 59.9 Å². The van der Waals surface area contributed by atoms with Gasteiger partial charge in [0.2, 0.25) is 5.75 Å². The van der Waals surface area contributed by atoms with E-state index < -0.39 is 36.1 Å². The van der Waals surface area contributed by atoms with Gasteiger partial charge < -0.3 is 24.3 Å². The molecule has 0 fully saturated rings. The molecule has 1 heterocycles. The number of ether oxygens (including phenoxy) is 4. The van der Waals surface area contributed by atoms with Crippen LogP contribution in [0.4, 0.5) is 0 Å². The molecule has 1 N–H and O–H groups in total. The van der Waals surface area contributed by atoms with Gasteiger partial charge in [0, 0.05) is 30.6 Å². The smallest absolute Gasteiger partial charge is 0.328 e. The van der Waals surface area contributed by atoms with Gasteiger partial charge >= 0.3 is 11.9 Å². The minimum absolute atomic E-state index is 0.143. The molecule has 0 radical (unpaired) electrons. The topological polar surface area (TPSA) is 113 Å². The standard InChI is InChI=1S/C24H27ClN2O7/c1-6-8-19(34-18-10-7-9-17(25)13-18)15(3)32-24(30)14(2)27-23(29)21-22(33-16(4)28)20(31-5)11-12-26-21/h6-7,9-15,19H,1,8H2,2-5H3,(H,27,29)/t14-,15-,19+/m0/s1. The minimum atomic E-state index is -1.04. The first-order valence-electron chi connectivity index (χ1n) is 10.4. The number of carbonyl (C=O) groups excluding carboxylic acids is 3. The maximum atomic E-state index is 12.7. The summed E-state index contributed by atoms with van der Waals surface area (Å²) in [4.78, 5) is 40.8. The Hall–Kier alpha value is -3.59. The fraction of sp³-hybridized carbons (Fsp3) is 0.333. The molecule has 0 bridgehead atoms. The molecule has 34 heavy (non-hydrogen) atoms. The Morgan fingerprint density at radius 2 is 1.97 bits per heavy atom. The molecule has 0 aliphatic rings. The van der Waals surface area contributed by atoms with E-state index in [1.54, 1.807) is 37.3 Å². The molecule has 182 valence electrons. The molecule has 1 aromatic carbocycles. The summed E-state index contributed by atoms with van der Waals surface area (Å²) in [5, 5.41) is 3.00. The van der Waals surface area contributed by atoms with Crippen LogP contribution in [0.2, 0.25) is 5.02 Å². The van der Waals surface area contributed by atoms with Crippen LogP contribution in [0.15, 0.2) is 49.2 Å². The fourth-order valence-corrected chi connectivity index (χ4v) is 3.08. The summed E-state index contributed by atoms with van der Waals surface area (Å²) >= 11 is 6.00. The Balaban J connectivity index is 2.08. The van der Waals surface area contributed by atoms with E-state index in [4.69, 9.17) is 30.5 Å². The van der Waals surface area contributed by atoms with Crippen molar-refractivity contribution in [1.82, 2.24) is 10.3 Å². The lowest BCUT2D eigenvalue weighted by atomic mass is 10.1. The number of esters is 2. The third-order valence-electron chi connectivity index (χ3n) is 4.56. The lowest BCUT2D eigenvalue weighted by molar-refractivity contribution is -0.154. The average molecular weight is 491 g/mol. The molecule has 0 aliphatic heterocycles. The van der Waals surface area contributed by atoms with Crippen LogP contribution in [0, 0.1) is 0 Å². The van der Waals surface area contributed by atoms with Crippen molar-refractivity contribution >= 4 is 29.4 Å². The zero-order valence-corrected chi connectivity index (χ0v) is 20.1. The number of benzene rings is 1. The Morgan fingerprint density at radius 1 is 1.24 bits per heavy atom. The highest BCUT2D eigenvalue weighted by atomic mass is 35.5. The molecule has 9 nitrogen and oxygen atoms in total. The van der Waals surface area contributed by atoms with Crippen molar-refractivity contribution in [2.24, 2.45) is 0 Å². The number of nitrogens with one attached hydrogen (secondary N) is 1. The van der Waals surface area contributed by atoms with E-state index in [1.807, 2.05) is 0 Å². The summed E-state index contributed by atoms with van der Waals surface area (Å²) < 4.78 is 21.6. The molecule has 3 atom stereocenters. The van der Waals surface area contributed by atoms with Gasteiger partial charge in [0.25, 0.3) is 5.91 Å². The van der Waals surface area contributed by atoms with Crippen molar-refractivity contribution < 1.29 is 33.3 Å². The molecule has 0 spiro atoms. The number of hydrogen-bond acceptors (Lipinski definition) is 8. The predicted molar refractivity (Wildman–Crippen MR) is 125 cm³/mol. The third kappa shape index (κ3) is 7.48. The summed E-state index contributed by atoms with van der Waals surface area (Å²) in [7, 11) is 1.36. The van der Waals surface area contributed by atoms with Crippen LogP contribution < -0.4 is 19.5 Å². The molecule has 0 saturated heterocycles. The second kappa shape index (κ2) is 12.6. The molecule has 2 aromatic rings. The Kier molecular flexibility index (Phi) is 9.88. The van der Waals surface area contributed by atoms with E-state index in [9.17, 15) is 14.4 Å². The number of methoxy groups -OCH3 is 1. The SMILES string of the molecule is C=CC[C@@H](Oc1cccc(Cl)c1)[C@H](C)OC(=O)[C@H](C)NC(=O)c1nccc(OC)c1OC(C)=O. The molecule has 1 aromatic heterocycles. The highest BCUT2D eigenvalue weighted by Crippen LogP contribution is 2.29. The second-order valence-corrected chi connectivity index (χ2v) is 7.70. The first-order valence-corrected chi connectivity index (χ1v) is 10.8. The Labute approximate surface area is 203 Å². The summed E-state index contributed by atoms with van der Waals surface area (Å²) in [5.74, 6) is -1.58. The van der Waals surface area contributed by atoms with Gasteiger partial charge in [-0.1, -0.05) is 23.7 Å². The molecule has 0 unspecified atom stereocenters. The zero-order chi connectivity index (χ0) is 25.3. The molecular weight excluding hydrogens is 464 g/mol.